The standard InChI is InChI=1S/C24H46O4/c1-7-9-11-13-23(25)27-21(17-19(3)4)15-16-22(18-20(5)6)28-24(26)14-12-10-8-2/h19-22H,7-18H2,1-6H3. The molecule has 0 bridgehead atoms. The third-order valence-electron chi connectivity index (χ3n) is 4.84. The molecule has 0 aromatic carbocycles. The van der Waals surface area contributed by atoms with Gasteiger partial charge in [-0.2, -0.15) is 0 Å². The highest BCUT2D eigenvalue weighted by molar-refractivity contribution is 5.69. The summed E-state index contributed by atoms with van der Waals surface area (Å²) in [6.07, 6.45) is 10.2. The predicted molar refractivity (Wildman–Crippen MR) is 116 cm³/mol. The highest BCUT2D eigenvalue weighted by Crippen LogP contribution is 2.21. The quantitative estimate of drug-likeness (QED) is 0.199. The molecule has 4 nitrogen and oxygen atoms in total. The summed E-state index contributed by atoms with van der Waals surface area (Å²) >= 11 is 0. The molecule has 0 rings (SSSR count). The fourth-order valence-electron chi connectivity index (χ4n) is 3.40. The topological polar surface area (TPSA) is 52.6 Å². The van der Waals surface area contributed by atoms with Gasteiger partial charge in [-0.25, -0.2) is 0 Å². The van der Waals surface area contributed by atoms with Gasteiger partial charge in [-0.05, 0) is 50.4 Å². The summed E-state index contributed by atoms with van der Waals surface area (Å²) in [6.45, 7) is 12.9. The molecule has 0 aromatic rings. The van der Waals surface area contributed by atoms with Gasteiger partial charge in [-0.1, -0.05) is 67.2 Å². The zero-order chi connectivity index (χ0) is 21.4. The number of carbonyl (C=O) groups excluding carboxylic acids is 2. The lowest BCUT2D eigenvalue weighted by Crippen LogP contribution is -2.25. The summed E-state index contributed by atoms with van der Waals surface area (Å²) in [5.41, 5.74) is 0. The first-order chi connectivity index (χ1) is 13.3. The molecule has 0 aliphatic carbocycles. The summed E-state index contributed by atoms with van der Waals surface area (Å²) in [5, 5.41) is 0. The second kappa shape index (κ2) is 16.9. The number of carbonyl (C=O) groups is 2. The maximum atomic E-state index is 12.1. The summed E-state index contributed by atoms with van der Waals surface area (Å²) in [5.74, 6) is 0.759. The summed E-state index contributed by atoms with van der Waals surface area (Å²) in [6, 6.07) is 0. The number of ether oxygens (including phenoxy) is 2. The number of hydrogen-bond donors (Lipinski definition) is 0. The van der Waals surface area contributed by atoms with Crippen LogP contribution in [0.5, 0.6) is 0 Å². The van der Waals surface area contributed by atoms with Gasteiger partial charge in [0.15, 0.2) is 0 Å². The predicted octanol–water partition coefficient (Wildman–Crippen LogP) is 6.84. The third kappa shape index (κ3) is 15.9. The van der Waals surface area contributed by atoms with Crippen LogP contribution in [0.25, 0.3) is 0 Å². The van der Waals surface area contributed by atoms with Crippen molar-refractivity contribution in [1.29, 1.82) is 0 Å². The Morgan fingerprint density at radius 3 is 1.29 bits per heavy atom. The normalized spacial score (nSPS) is 13.6. The SMILES string of the molecule is CCCCCC(=O)OC(CCC(CC(C)C)OC(=O)CCCCC)CC(C)C. The van der Waals surface area contributed by atoms with Crippen molar-refractivity contribution >= 4 is 11.9 Å². The molecule has 2 unspecified atom stereocenters. The van der Waals surface area contributed by atoms with Gasteiger partial charge >= 0.3 is 11.9 Å². The minimum absolute atomic E-state index is 0.0809. The highest BCUT2D eigenvalue weighted by atomic mass is 16.5. The van der Waals surface area contributed by atoms with E-state index in [2.05, 4.69) is 41.5 Å². The maximum absolute atomic E-state index is 12.1. The monoisotopic (exact) mass is 398 g/mol. The molecule has 0 aliphatic rings. The lowest BCUT2D eigenvalue weighted by atomic mass is 9.97. The molecule has 0 amide bonds. The van der Waals surface area contributed by atoms with Crippen molar-refractivity contribution < 1.29 is 19.1 Å². The molecule has 0 saturated heterocycles. The van der Waals surface area contributed by atoms with E-state index in [0.29, 0.717) is 24.7 Å². The van der Waals surface area contributed by atoms with Gasteiger partial charge in [0.2, 0.25) is 0 Å². The third-order valence-corrected chi connectivity index (χ3v) is 4.84. The summed E-state index contributed by atoms with van der Waals surface area (Å²) in [4.78, 5) is 24.3. The summed E-state index contributed by atoms with van der Waals surface area (Å²) in [7, 11) is 0. The van der Waals surface area contributed by atoms with Crippen LogP contribution in [0.1, 0.15) is 119 Å². The Bertz CT molecular complexity index is 365. The fraction of sp³-hybridized carbons (Fsp3) is 0.917. The molecule has 2 atom stereocenters. The maximum Gasteiger partial charge on any atom is 0.306 e. The van der Waals surface area contributed by atoms with Crippen LogP contribution in [0.2, 0.25) is 0 Å². The number of esters is 2. The van der Waals surface area contributed by atoms with E-state index in [-0.39, 0.29) is 24.1 Å². The van der Waals surface area contributed by atoms with Crippen molar-refractivity contribution in [2.45, 2.75) is 131 Å². The molecule has 28 heavy (non-hydrogen) atoms. The lowest BCUT2D eigenvalue weighted by molar-refractivity contribution is -0.154. The van der Waals surface area contributed by atoms with Gasteiger partial charge in [0.05, 0.1) is 0 Å². The average molecular weight is 399 g/mol. The van der Waals surface area contributed by atoms with Crippen LogP contribution >= 0.6 is 0 Å². The van der Waals surface area contributed by atoms with E-state index >= 15 is 0 Å². The summed E-state index contributed by atoms with van der Waals surface area (Å²) < 4.78 is 11.5. The molecular weight excluding hydrogens is 352 g/mol. The van der Waals surface area contributed by atoms with Crippen molar-refractivity contribution in [3.8, 4) is 0 Å². The van der Waals surface area contributed by atoms with E-state index in [1.54, 1.807) is 0 Å². The number of unbranched alkanes of at least 4 members (excludes halogenated alkanes) is 4. The number of rotatable bonds is 17. The Labute approximate surface area is 174 Å². The lowest BCUT2D eigenvalue weighted by Gasteiger charge is -2.24. The molecule has 0 N–H and O–H groups in total. The van der Waals surface area contributed by atoms with Gasteiger partial charge in [-0.3, -0.25) is 9.59 Å². The minimum Gasteiger partial charge on any atom is -0.462 e. The van der Waals surface area contributed by atoms with Crippen LogP contribution in [-0.2, 0) is 19.1 Å². The van der Waals surface area contributed by atoms with E-state index < -0.39 is 0 Å². The van der Waals surface area contributed by atoms with Gasteiger partial charge in [0.25, 0.3) is 0 Å². The van der Waals surface area contributed by atoms with Gasteiger partial charge in [-0.15, -0.1) is 0 Å². The molecule has 0 heterocycles. The molecule has 0 spiro atoms. The second-order valence-electron chi connectivity index (χ2n) is 8.97. The van der Waals surface area contributed by atoms with Crippen LogP contribution in [0.3, 0.4) is 0 Å². The Kier molecular flexibility index (Phi) is 16.2. The van der Waals surface area contributed by atoms with Gasteiger partial charge in [0.1, 0.15) is 12.2 Å². The van der Waals surface area contributed by atoms with Crippen LogP contribution in [0, 0.1) is 11.8 Å². The molecule has 166 valence electrons. The van der Waals surface area contributed by atoms with E-state index in [0.717, 1.165) is 64.2 Å². The van der Waals surface area contributed by atoms with E-state index in [4.69, 9.17) is 9.47 Å². The fourth-order valence-corrected chi connectivity index (χ4v) is 3.40. The number of hydrogen-bond acceptors (Lipinski definition) is 4. The van der Waals surface area contributed by atoms with E-state index in [1.807, 2.05) is 0 Å². The first kappa shape index (κ1) is 26.9. The van der Waals surface area contributed by atoms with Gasteiger partial charge < -0.3 is 9.47 Å². The van der Waals surface area contributed by atoms with Crippen LogP contribution in [0.15, 0.2) is 0 Å². The molecular formula is C24H46O4. The van der Waals surface area contributed by atoms with Crippen LogP contribution < -0.4 is 0 Å². The Morgan fingerprint density at radius 1 is 0.643 bits per heavy atom. The first-order valence-electron chi connectivity index (χ1n) is 11.7. The Balaban J connectivity index is 4.63. The molecule has 0 radical (unpaired) electrons. The zero-order valence-electron chi connectivity index (χ0n) is 19.4. The average Bonchev–Trinajstić information content (AvgIpc) is 2.59. The van der Waals surface area contributed by atoms with E-state index in [1.165, 1.54) is 0 Å². The Hall–Kier alpha value is -1.06. The van der Waals surface area contributed by atoms with Crippen molar-refractivity contribution in [3.05, 3.63) is 0 Å². The van der Waals surface area contributed by atoms with Crippen LogP contribution in [0.4, 0.5) is 0 Å². The highest BCUT2D eigenvalue weighted by Gasteiger charge is 2.21. The van der Waals surface area contributed by atoms with Crippen molar-refractivity contribution in [3.63, 3.8) is 0 Å². The van der Waals surface area contributed by atoms with Crippen molar-refractivity contribution in [1.82, 2.24) is 0 Å². The smallest absolute Gasteiger partial charge is 0.306 e. The van der Waals surface area contributed by atoms with Crippen molar-refractivity contribution in [2.24, 2.45) is 11.8 Å². The molecule has 4 heteroatoms. The molecule has 0 fully saturated rings. The molecule has 0 aromatic heterocycles. The Morgan fingerprint density at radius 2 is 1.00 bits per heavy atom. The largest absolute Gasteiger partial charge is 0.462 e. The zero-order valence-corrected chi connectivity index (χ0v) is 19.4. The van der Waals surface area contributed by atoms with E-state index in [9.17, 15) is 9.59 Å². The molecule has 0 aliphatic heterocycles. The molecule has 0 saturated carbocycles. The van der Waals surface area contributed by atoms with Gasteiger partial charge in [0, 0.05) is 12.8 Å². The first-order valence-corrected chi connectivity index (χ1v) is 11.7. The second-order valence-corrected chi connectivity index (χ2v) is 8.97. The van der Waals surface area contributed by atoms with Crippen molar-refractivity contribution in [2.75, 3.05) is 0 Å². The van der Waals surface area contributed by atoms with Crippen LogP contribution in [-0.4, -0.2) is 24.1 Å². The minimum atomic E-state index is -0.0870.